The van der Waals surface area contributed by atoms with E-state index < -0.39 is 17.5 Å². The zero-order chi connectivity index (χ0) is 26.5. The van der Waals surface area contributed by atoms with Crippen LogP contribution in [0.5, 0.6) is 11.8 Å². The number of benzene rings is 2. The first-order valence-corrected chi connectivity index (χ1v) is 12.1. The molecule has 11 heteroatoms. The van der Waals surface area contributed by atoms with Gasteiger partial charge in [-0.05, 0) is 42.5 Å². The molecule has 10 nitrogen and oxygen atoms in total. The Morgan fingerprint density at radius 2 is 1.87 bits per heavy atom. The van der Waals surface area contributed by atoms with E-state index >= 15 is 0 Å². The Morgan fingerprint density at radius 1 is 1.13 bits per heavy atom. The maximum absolute atomic E-state index is 13.7. The third kappa shape index (κ3) is 5.25. The molecule has 0 bridgehead atoms. The second-order valence-electron chi connectivity index (χ2n) is 8.78. The van der Waals surface area contributed by atoms with Gasteiger partial charge in [0, 0.05) is 24.2 Å². The van der Waals surface area contributed by atoms with Crippen LogP contribution in [0, 0.1) is 11.7 Å². The fourth-order valence-corrected chi connectivity index (χ4v) is 3.92. The molecule has 1 saturated heterocycles. The number of aromatic amines is 1. The molecule has 1 fully saturated rings. The molecule has 3 heterocycles. The standard InChI is InChI=1S/C27H26FN5O5/c1-17-15-36-27(37-16-17,25(35)29-13-14-34)24-32-22(18-7-9-19(28)10-8-18)23(33-24)21-11-12-30-26(31-21)38-20-5-3-2-4-6-20/h2-12,17,34H,13-16H2,1H3,(H,29,35)(H,32,33). The fraction of sp³-hybridized carbons (Fsp3) is 0.259. The molecule has 0 atom stereocenters. The van der Waals surface area contributed by atoms with Crippen LogP contribution in [-0.2, 0) is 20.1 Å². The lowest BCUT2D eigenvalue weighted by atomic mass is 10.1. The number of H-pyrrole nitrogens is 1. The van der Waals surface area contributed by atoms with Gasteiger partial charge in [0.1, 0.15) is 11.6 Å². The molecule has 4 aromatic rings. The highest BCUT2D eigenvalue weighted by molar-refractivity contribution is 5.86. The summed E-state index contributed by atoms with van der Waals surface area (Å²) in [5, 5.41) is 11.8. The maximum Gasteiger partial charge on any atom is 0.322 e. The maximum atomic E-state index is 13.7. The Labute approximate surface area is 217 Å². The lowest BCUT2D eigenvalue weighted by Crippen LogP contribution is -2.53. The predicted molar refractivity (Wildman–Crippen MR) is 134 cm³/mol. The summed E-state index contributed by atoms with van der Waals surface area (Å²) in [6, 6.07) is 16.6. The van der Waals surface area contributed by atoms with E-state index in [0.29, 0.717) is 28.4 Å². The first-order valence-electron chi connectivity index (χ1n) is 12.1. The Balaban J connectivity index is 1.60. The molecule has 5 rings (SSSR count). The summed E-state index contributed by atoms with van der Waals surface area (Å²) in [7, 11) is 0. The Kier molecular flexibility index (Phi) is 7.40. The van der Waals surface area contributed by atoms with Gasteiger partial charge in [-0.1, -0.05) is 25.1 Å². The van der Waals surface area contributed by atoms with Gasteiger partial charge in [-0.2, -0.15) is 4.98 Å². The Morgan fingerprint density at radius 3 is 2.58 bits per heavy atom. The molecule has 3 N–H and O–H groups in total. The van der Waals surface area contributed by atoms with Crippen LogP contribution in [0.2, 0.25) is 0 Å². The number of imidazole rings is 1. The summed E-state index contributed by atoms with van der Waals surface area (Å²) in [6.45, 7) is 2.18. The summed E-state index contributed by atoms with van der Waals surface area (Å²) < 4.78 is 31.4. The van der Waals surface area contributed by atoms with Gasteiger partial charge in [0.2, 0.25) is 0 Å². The number of carbonyl (C=O) groups excluding carboxylic acids is 1. The van der Waals surface area contributed by atoms with Gasteiger partial charge >= 0.3 is 11.8 Å². The summed E-state index contributed by atoms with van der Waals surface area (Å²) in [6.07, 6.45) is 1.54. The van der Waals surface area contributed by atoms with Crippen molar-refractivity contribution in [3.05, 3.63) is 78.5 Å². The average Bonchev–Trinajstić information content (AvgIpc) is 3.39. The minimum Gasteiger partial charge on any atom is -0.424 e. The van der Waals surface area contributed by atoms with Crippen LogP contribution in [0.3, 0.4) is 0 Å². The van der Waals surface area contributed by atoms with E-state index in [1.807, 2.05) is 25.1 Å². The summed E-state index contributed by atoms with van der Waals surface area (Å²) in [5.74, 6) is -2.20. The van der Waals surface area contributed by atoms with Crippen LogP contribution in [0.1, 0.15) is 12.7 Å². The number of amides is 1. The van der Waals surface area contributed by atoms with Crippen LogP contribution in [0.15, 0.2) is 66.9 Å². The highest BCUT2D eigenvalue weighted by Crippen LogP contribution is 2.37. The number of carbonyl (C=O) groups is 1. The molecule has 0 unspecified atom stereocenters. The lowest BCUT2D eigenvalue weighted by Gasteiger charge is -2.36. The lowest BCUT2D eigenvalue weighted by molar-refractivity contribution is -0.277. The van der Waals surface area contributed by atoms with E-state index in [-0.39, 0.29) is 44.1 Å². The third-order valence-corrected chi connectivity index (χ3v) is 5.81. The second-order valence-corrected chi connectivity index (χ2v) is 8.78. The van der Waals surface area contributed by atoms with Crippen molar-refractivity contribution < 1.29 is 28.5 Å². The number of nitrogens with one attached hydrogen (secondary N) is 2. The van der Waals surface area contributed by atoms with Gasteiger partial charge in [-0.15, -0.1) is 0 Å². The SMILES string of the molecule is CC1COC(C(=O)NCCO)(c2nc(-c3ccc(F)cc3)c(-c3ccnc(Oc4ccccc4)n3)[nH]2)OC1. The van der Waals surface area contributed by atoms with E-state index in [0.717, 1.165) is 0 Å². The molecule has 0 radical (unpaired) electrons. The third-order valence-electron chi connectivity index (χ3n) is 5.81. The van der Waals surface area contributed by atoms with E-state index in [2.05, 4.69) is 20.3 Å². The molecule has 0 saturated carbocycles. The molecular weight excluding hydrogens is 493 g/mol. The average molecular weight is 520 g/mol. The topological polar surface area (TPSA) is 131 Å². The number of aliphatic hydroxyl groups is 1. The second kappa shape index (κ2) is 11.1. The van der Waals surface area contributed by atoms with Gasteiger partial charge in [0.25, 0.3) is 5.91 Å². The smallest absolute Gasteiger partial charge is 0.322 e. The molecular formula is C27H26FN5O5. The number of aromatic nitrogens is 4. The molecule has 1 aliphatic rings. The van der Waals surface area contributed by atoms with Crippen molar-refractivity contribution in [3.8, 4) is 34.4 Å². The molecule has 1 aliphatic heterocycles. The number of para-hydroxylation sites is 1. The van der Waals surface area contributed by atoms with E-state index in [1.165, 1.54) is 18.3 Å². The van der Waals surface area contributed by atoms with Gasteiger partial charge in [0.15, 0.2) is 5.82 Å². The largest absolute Gasteiger partial charge is 0.424 e. The van der Waals surface area contributed by atoms with Crippen molar-refractivity contribution in [1.29, 1.82) is 0 Å². The quantitative estimate of drug-likeness (QED) is 0.323. The van der Waals surface area contributed by atoms with Crippen molar-refractivity contribution in [2.75, 3.05) is 26.4 Å². The van der Waals surface area contributed by atoms with Crippen molar-refractivity contribution >= 4 is 5.91 Å². The van der Waals surface area contributed by atoms with Gasteiger partial charge < -0.3 is 29.6 Å². The fourth-order valence-electron chi connectivity index (χ4n) is 3.92. The van der Waals surface area contributed by atoms with E-state index in [4.69, 9.17) is 19.2 Å². The molecule has 2 aromatic heterocycles. The molecule has 1 amide bonds. The Bertz CT molecular complexity index is 1390. The number of hydrogen-bond donors (Lipinski definition) is 3. The molecule has 2 aromatic carbocycles. The van der Waals surface area contributed by atoms with Crippen molar-refractivity contribution in [1.82, 2.24) is 25.3 Å². The monoisotopic (exact) mass is 519 g/mol. The number of halogens is 1. The molecule has 0 spiro atoms. The number of rotatable bonds is 8. The van der Waals surface area contributed by atoms with Crippen molar-refractivity contribution in [2.45, 2.75) is 12.7 Å². The van der Waals surface area contributed by atoms with Crippen LogP contribution in [0.25, 0.3) is 22.6 Å². The van der Waals surface area contributed by atoms with Crippen LogP contribution in [-0.4, -0.2) is 57.3 Å². The molecule has 196 valence electrons. The number of ether oxygens (including phenoxy) is 3. The zero-order valence-corrected chi connectivity index (χ0v) is 20.6. The number of nitrogens with zero attached hydrogens (tertiary/aromatic N) is 3. The van der Waals surface area contributed by atoms with Crippen LogP contribution in [0.4, 0.5) is 4.39 Å². The first kappa shape index (κ1) is 25.5. The van der Waals surface area contributed by atoms with Gasteiger partial charge in [-0.25, -0.2) is 14.4 Å². The number of aliphatic hydroxyl groups excluding tert-OH is 1. The van der Waals surface area contributed by atoms with Crippen molar-refractivity contribution in [2.24, 2.45) is 5.92 Å². The molecule has 38 heavy (non-hydrogen) atoms. The Hall–Kier alpha value is -4.19. The predicted octanol–water partition coefficient (Wildman–Crippen LogP) is 3.41. The minimum atomic E-state index is -1.88. The van der Waals surface area contributed by atoms with E-state index in [9.17, 15) is 14.3 Å². The zero-order valence-electron chi connectivity index (χ0n) is 20.6. The van der Waals surface area contributed by atoms with E-state index in [1.54, 1.807) is 30.3 Å². The van der Waals surface area contributed by atoms with Crippen LogP contribution >= 0.6 is 0 Å². The van der Waals surface area contributed by atoms with Gasteiger partial charge in [-0.3, -0.25) is 4.79 Å². The molecule has 0 aliphatic carbocycles. The van der Waals surface area contributed by atoms with Gasteiger partial charge in [0.05, 0.1) is 36.9 Å². The number of hydrogen-bond acceptors (Lipinski definition) is 8. The first-order chi connectivity index (χ1) is 18.5. The summed E-state index contributed by atoms with van der Waals surface area (Å²) >= 11 is 0. The minimum absolute atomic E-state index is 0.00728. The summed E-state index contributed by atoms with van der Waals surface area (Å²) in [4.78, 5) is 29.8. The highest BCUT2D eigenvalue weighted by Gasteiger charge is 2.49. The van der Waals surface area contributed by atoms with Crippen molar-refractivity contribution in [3.63, 3.8) is 0 Å². The highest BCUT2D eigenvalue weighted by atomic mass is 19.1. The summed E-state index contributed by atoms with van der Waals surface area (Å²) in [5.41, 5.74) is 1.80. The van der Waals surface area contributed by atoms with Crippen LogP contribution < -0.4 is 10.1 Å². The normalized spacial score (nSPS) is 19.2.